The predicted octanol–water partition coefficient (Wildman–Crippen LogP) is 2.39. The lowest BCUT2D eigenvalue weighted by Crippen LogP contribution is -2.08. The van der Waals surface area contributed by atoms with Crippen molar-refractivity contribution in [2.75, 3.05) is 13.2 Å². The number of hydrogen-bond acceptors (Lipinski definition) is 2. The quantitative estimate of drug-likeness (QED) is 0.742. The summed E-state index contributed by atoms with van der Waals surface area (Å²) in [6.45, 7) is 2.36. The van der Waals surface area contributed by atoms with Crippen LogP contribution >= 0.6 is 11.6 Å². The van der Waals surface area contributed by atoms with E-state index < -0.39 is 6.10 Å². The number of halogens is 2. The van der Waals surface area contributed by atoms with Crippen LogP contribution in [-0.2, 0) is 11.2 Å². The Morgan fingerprint density at radius 1 is 1.60 bits per heavy atom. The largest absolute Gasteiger partial charge is 0.386 e. The van der Waals surface area contributed by atoms with Gasteiger partial charge in [-0.3, -0.25) is 0 Å². The van der Waals surface area contributed by atoms with E-state index in [4.69, 9.17) is 16.3 Å². The summed E-state index contributed by atoms with van der Waals surface area (Å²) in [6, 6.07) is 1.30. The van der Waals surface area contributed by atoms with Crippen LogP contribution in [0.25, 0.3) is 0 Å². The Morgan fingerprint density at radius 3 is 3.07 bits per heavy atom. The molecular formula is C11H12ClFO2. The van der Waals surface area contributed by atoms with Crippen molar-refractivity contribution in [2.45, 2.75) is 19.4 Å². The third-order valence-electron chi connectivity index (χ3n) is 2.73. The average Bonchev–Trinajstić information content (AvgIpc) is 2.37. The Labute approximate surface area is 92.6 Å². The van der Waals surface area contributed by atoms with Crippen molar-refractivity contribution in [3.8, 4) is 0 Å². The monoisotopic (exact) mass is 230 g/mol. The minimum Gasteiger partial charge on any atom is -0.386 e. The van der Waals surface area contributed by atoms with Gasteiger partial charge in [-0.2, -0.15) is 0 Å². The van der Waals surface area contributed by atoms with Crippen LogP contribution in [0.3, 0.4) is 0 Å². The molecule has 0 saturated carbocycles. The molecule has 15 heavy (non-hydrogen) atoms. The molecule has 1 aliphatic rings. The lowest BCUT2D eigenvalue weighted by Gasteiger charge is -2.15. The van der Waals surface area contributed by atoms with Gasteiger partial charge in [0.2, 0.25) is 0 Å². The van der Waals surface area contributed by atoms with Gasteiger partial charge >= 0.3 is 0 Å². The van der Waals surface area contributed by atoms with Crippen molar-refractivity contribution >= 4 is 11.6 Å². The molecule has 1 N–H and O–H groups in total. The Bertz CT molecular complexity index is 393. The molecule has 2 rings (SSSR count). The topological polar surface area (TPSA) is 29.5 Å². The summed E-state index contributed by atoms with van der Waals surface area (Å²) in [7, 11) is 0. The third-order valence-corrected chi connectivity index (χ3v) is 3.07. The summed E-state index contributed by atoms with van der Waals surface area (Å²) in [5.74, 6) is -0.375. The highest BCUT2D eigenvalue weighted by atomic mass is 35.5. The number of fused-ring (bicyclic) bond motifs is 1. The molecule has 1 heterocycles. The summed E-state index contributed by atoms with van der Waals surface area (Å²) in [4.78, 5) is 0. The fourth-order valence-corrected chi connectivity index (χ4v) is 2.24. The van der Waals surface area contributed by atoms with E-state index in [0.717, 1.165) is 5.56 Å². The van der Waals surface area contributed by atoms with Gasteiger partial charge in [-0.25, -0.2) is 4.39 Å². The first kappa shape index (κ1) is 10.9. The number of aliphatic hydroxyl groups excluding tert-OH is 1. The van der Waals surface area contributed by atoms with Crippen molar-refractivity contribution in [3.63, 3.8) is 0 Å². The molecule has 2 nitrogen and oxygen atoms in total. The molecule has 1 aromatic rings. The number of ether oxygens (including phenoxy) is 1. The van der Waals surface area contributed by atoms with Gasteiger partial charge in [-0.05, 0) is 36.1 Å². The summed E-state index contributed by atoms with van der Waals surface area (Å²) in [5.41, 5.74) is 1.87. The molecule has 0 radical (unpaired) electrons. The van der Waals surface area contributed by atoms with Gasteiger partial charge in [0, 0.05) is 5.02 Å². The zero-order chi connectivity index (χ0) is 11.0. The van der Waals surface area contributed by atoms with Gasteiger partial charge < -0.3 is 9.84 Å². The third kappa shape index (κ3) is 1.87. The van der Waals surface area contributed by atoms with E-state index in [1.165, 1.54) is 6.07 Å². The van der Waals surface area contributed by atoms with Crippen molar-refractivity contribution in [2.24, 2.45) is 0 Å². The molecule has 0 aliphatic carbocycles. The lowest BCUT2D eigenvalue weighted by atomic mass is 9.96. The van der Waals surface area contributed by atoms with Crippen molar-refractivity contribution in [1.29, 1.82) is 0 Å². The van der Waals surface area contributed by atoms with E-state index in [1.54, 1.807) is 6.92 Å². The van der Waals surface area contributed by atoms with E-state index in [1.807, 2.05) is 0 Å². The predicted molar refractivity (Wildman–Crippen MR) is 55.6 cm³/mol. The zero-order valence-corrected chi connectivity index (χ0v) is 9.14. The number of rotatable bonds is 0. The first-order chi connectivity index (χ1) is 7.11. The molecule has 0 fully saturated rings. The van der Waals surface area contributed by atoms with Crippen molar-refractivity contribution < 1.29 is 14.2 Å². The number of aliphatic hydroxyl groups is 1. The lowest BCUT2D eigenvalue weighted by molar-refractivity contribution is 0.0448. The van der Waals surface area contributed by atoms with Crippen LogP contribution in [0.2, 0.25) is 5.02 Å². The van der Waals surface area contributed by atoms with Crippen LogP contribution in [0, 0.1) is 12.7 Å². The fourth-order valence-electron chi connectivity index (χ4n) is 1.95. The summed E-state index contributed by atoms with van der Waals surface area (Å²) >= 11 is 5.95. The molecule has 82 valence electrons. The molecule has 0 amide bonds. The molecule has 1 aliphatic heterocycles. The molecule has 4 heteroatoms. The second-order valence-electron chi connectivity index (χ2n) is 3.70. The van der Waals surface area contributed by atoms with Crippen LogP contribution in [0.15, 0.2) is 6.07 Å². The van der Waals surface area contributed by atoms with E-state index in [0.29, 0.717) is 29.2 Å². The second kappa shape index (κ2) is 4.08. The van der Waals surface area contributed by atoms with Gasteiger partial charge in [-0.1, -0.05) is 11.6 Å². The van der Waals surface area contributed by atoms with E-state index >= 15 is 0 Å². The maximum absolute atomic E-state index is 13.4. The fraction of sp³-hybridized carbons (Fsp3) is 0.455. The summed E-state index contributed by atoms with van der Waals surface area (Å²) in [6.07, 6.45) is -0.164. The SMILES string of the molecule is Cc1c(F)cc(Cl)c2c1C(O)COCC2. The minimum atomic E-state index is -0.782. The highest BCUT2D eigenvalue weighted by molar-refractivity contribution is 6.31. The normalized spacial score (nSPS) is 20.9. The second-order valence-corrected chi connectivity index (χ2v) is 4.11. The Hall–Kier alpha value is -0.640. The van der Waals surface area contributed by atoms with Gasteiger partial charge in [0.15, 0.2) is 0 Å². The van der Waals surface area contributed by atoms with E-state index in [9.17, 15) is 9.50 Å². The Balaban J connectivity index is 2.63. The molecule has 1 aromatic carbocycles. The minimum absolute atomic E-state index is 0.202. The molecule has 1 unspecified atom stereocenters. The van der Waals surface area contributed by atoms with E-state index in [-0.39, 0.29) is 12.4 Å². The molecule has 0 bridgehead atoms. The van der Waals surface area contributed by atoms with Crippen LogP contribution in [0.4, 0.5) is 4.39 Å². The Morgan fingerprint density at radius 2 is 2.33 bits per heavy atom. The van der Waals surface area contributed by atoms with Crippen LogP contribution in [-0.4, -0.2) is 18.3 Å². The number of hydrogen-bond donors (Lipinski definition) is 1. The van der Waals surface area contributed by atoms with E-state index in [2.05, 4.69) is 0 Å². The van der Waals surface area contributed by atoms with Crippen LogP contribution < -0.4 is 0 Å². The molecule has 0 aromatic heterocycles. The number of benzene rings is 1. The summed E-state index contributed by atoms with van der Waals surface area (Å²) in [5, 5.41) is 10.2. The first-order valence-corrected chi connectivity index (χ1v) is 5.22. The van der Waals surface area contributed by atoms with Crippen molar-refractivity contribution in [1.82, 2.24) is 0 Å². The van der Waals surface area contributed by atoms with Gasteiger partial charge in [-0.15, -0.1) is 0 Å². The maximum Gasteiger partial charge on any atom is 0.127 e. The maximum atomic E-state index is 13.4. The van der Waals surface area contributed by atoms with Crippen LogP contribution in [0.1, 0.15) is 22.8 Å². The highest BCUT2D eigenvalue weighted by Crippen LogP contribution is 2.32. The molecule has 1 atom stereocenters. The highest BCUT2D eigenvalue weighted by Gasteiger charge is 2.23. The average molecular weight is 231 g/mol. The molecular weight excluding hydrogens is 219 g/mol. The molecule has 0 spiro atoms. The molecule has 0 saturated heterocycles. The first-order valence-electron chi connectivity index (χ1n) is 4.84. The van der Waals surface area contributed by atoms with Crippen molar-refractivity contribution in [3.05, 3.63) is 33.6 Å². The zero-order valence-electron chi connectivity index (χ0n) is 8.39. The summed E-state index contributed by atoms with van der Waals surface area (Å²) < 4.78 is 18.6. The van der Waals surface area contributed by atoms with Gasteiger partial charge in [0.25, 0.3) is 0 Å². The smallest absolute Gasteiger partial charge is 0.127 e. The van der Waals surface area contributed by atoms with Crippen LogP contribution in [0.5, 0.6) is 0 Å². The standard InChI is InChI=1S/C11H12ClFO2/c1-6-9(13)4-8(12)7-2-3-15-5-10(14)11(6)7/h4,10,14H,2-3,5H2,1H3. The van der Waals surface area contributed by atoms with Gasteiger partial charge in [0.1, 0.15) is 11.9 Å². The van der Waals surface area contributed by atoms with Gasteiger partial charge in [0.05, 0.1) is 13.2 Å². The Kier molecular flexibility index (Phi) is 2.96.